The van der Waals surface area contributed by atoms with Crippen molar-refractivity contribution in [3.63, 3.8) is 0 Å². The van der Waals surface area contributed by atoms with E-state index in [1.165, 1.54) is 0 Å². The van der Waals surface area contributed by atoms with Crippen molar-refractivity contribution in [3.8, 4) is 11.5 Å². The Balaban J connectivity index is 1.70. The number of hydrogen-bond acceptors (Lipinski definition) is 4. The molecule has 1 aliphatic rings. The van der Waals surface area contributed by atoms with E-state index in [0.29, 0.717) is 35.5 Å². The Labute approximate surface area is 200 Å². The fraction of sp³-hybridized carbons (Fsp3) is 0.407. The summed E-state index contributed by atoms with van der Waals surface area (Å²) in [7, 11) is 1.60. The summed E-state index contributed by atoms with van der Waals surface area (Å²) >= 11 is 6.61. The van der Waals surface area contributed by atoms with Crippen LogP contribution in [0.4, 0.5) is 0 Å². The fourth-order valence-corrected chi connectivity index (χ4v) is 4.83. The van der Waals surface area contributed by atoms with Gasteiger partial charge < -0.3 is 14.4 Å². The SMILES string of the molecule is CCOc1ccc2nc(Cl)c(CN(C(=O)c3ccccc3OC)C3CCC(C)CC3)cc2c1. The normalized spacial score (nSPS) is 18.2. The number of aromatic nitrogens is 1. The second kappa shape index (κ2) is 10.4. The Hall–Kier alpha value is -2.79. The molecule has 33 heavy (non-hydrogen) atoms. The highest BCUT2D eigenvalue weighted by Crippen LogP contribution is 2.32. The van der Waals surface area contributed by atoms with Crippen molar-refractivity contribution in [1.82, 2.24) is 9.88 Å². The average molecular weight is 467 g/mol. The van der Waals surface area contributed by atoms with E-state index in [4.69, 9.17) is 21.1 Å². The standard InChI is InChI=1S/C27H31ClN2O3/c1-4-33-22-13-14-24-19(16-22)15-20(26(28)29-24)17-30(21-11-9-18(2)10-12-21)27(31)23-7-5-6-8-25(23)32-3/h5-8,13-16,18,21H,4,9-12,17H2,1-3H3. The number of methoxy groups -OCH3 is 1. The summed E-state index contributed by atoms with van der Waals surface area (Å²) in [4.78, 5) is 20.3. The minimum Gasteiger partial charge on any atom is -0.496 e. The molecule has 3 aromatic rings. The van der Waals surface area contributed by atoms with E-state index in [2.05, 4.69) is 11.9 Å². The van der Waals surface area contributed by atoms with Gasteiger partial charge in [-0.2, -0.15) is 0 Å². The fourth-order valence-electron chi connectivity index (χ4n) is 4.62. The van der Waals surface area contributed by atoms with E-state index in [1.54, 1.807) is 7.11 Å². The van der Waals surface area contributed by atoms with Crippen molar-refractivity contribution < 1.29 is 14.3 Å². The van der Waals surface area contributed by atoms with Gasteiger partial charge in [-0.05, 0) is 74.9 Å². The lowest BCUT2D eigenvalue weighted by atomic mass is 9.86. The van der Waals surface area contributed by atoms with Crippen LogP contribution < -0.4 is 9.47 Å². The van der Waals surface area contributed by atoms with Gasteiger partial charge in [0.25, 0.3) is 5.91 Å². The maximum atomic E-state index is 13.8. The molecular formula is C27H31ClN2O3. The first-order valence-electron chi connectivity index (χ1n) is 11.7. The van der Waals surface area contributed by atoms with Crippen molar-refractivity contribution in [2.75, 3.05) is 13.7 Å². The van der Waals surface area contributed by atoms with Gasteiger partial charge in [-0.25, -0.2) is 4.98 Å². The van der Waals surface area contributed by atoms with E-state index in [9.17, 15) is 4.79 Å². The van der Waals surface area contributed by atoms with Crippen molar-refractivity contribution in [2.24, 2.45) is 5.92 Å². The van der Waals surface area contributed by atoms with E-state index >= 15 is 0 Å². The molecule has 0 spiro atoms. The van der Waals surface area contributed by atoms with Gasteiger partial charge in [-0.3, -0.25) is 4.79 Å². The van der Waals surface area contributed by atoms with Gasteiger partial charge in [0, 0.05) is 23.5 Å². The second-order valence-corrected chi connectivity index (χ2v) is 9.13. The third-order valence-corrected chi connectivity index (χ3v) is 6.82. The number of nitrogens with zero attached hydrogens (tertiary/aromatic N) is 2. The number of carbonyl (C=O) groups is 1. The molecule has 1 amide bonds. The zero-order valence-corrected chi connectivity index (χ0v) is 20.3. The number of pyridine rings is 1. The highest BCUT2D eigenvalue weighted by atomic mass is 35.5. The lowest BCUT2D eigenvalue weighted by Crippen LogP contribution is -2.42. The quantitative estimate of drug-likeness (QED) is 0.372. The number of hydrogen-bond donors (Lipinski definition) is 0. The Kier molecular flexibility index (Phi) is 7.39. The van der Waals surface area contributed by atoms with Crippen LogP contribution in [0.3, 0.4) is 0 Å². The molecule has 1 heterocycles. The number of fused-ring (bicyclic) bond motifs is 1. The zero-order valence-electron chi connectivity index (χ0n) is 19.5. The van der Waals surface area contributed by atoms with E-state index in [-0.39, 0.29) is 11.9 Å². The minimum atomic E-state index is -0.0359. The molecule has 1 aromatic heterocycles. The number of halogens is 1. The van der Waals surface area contributed by atoms with Crippen LogP contribution in [-0.2, 0) is 6.54 Å². The van der Waals surface area contributed by atoms with Gasteiger partial charge in [0.2, 0.25) is 0 Å². The molecule has 0 atom stereocenters. The van der Waals surface area contributed by atoms with Gasteiger partial charge in [0.15, 0.2) is 0 Å². The van der Waals surface area contributed by atoms with Gasteiger partial charge in [0.05, 0.1) is 24.8 Å². The van der Waals surface area contributed by atoms with Crippen molar-refractivity contribution in [2.45, 2.75) is 52.1 Å². The largest absolute Gasteiger partial charge is 0.496 e. The first-order chi connectivity index (χ1) is 16.0. The molecule has 1 saturated carbocycles. The first kappa shape index (κ1) is 23.4. The topological polar surface area (TPSA) is 51.7 Å². The van der Waals surface area contributed by atoms with Crippen LogP contribution in [0.1, 0.15) is 55.5 Å². The molecular weight excluding hydrogens is 436 g/mol. The van der Waals surface area contributed by atoms with Crippen LogP contribution in [0, 0.1) is 5.92 Å². The molecule has 0 saturated heterocycles. The Bertz CT molecular complexity index is 1130. The van der Waals surface area contributed by atoms with Gasteiger partial charge in [-0.15, -0.1) is 0 Å². The van der Waals surface area contributed by atoms with Crippen molar-refractivity contribution >= 4 is 28.4 Å². The average Bonchev–Trinajstić information content (AvgIpc) is 2.83. The molecule has 5 nitrogen and oxygen atoms in total. The number of amides is 1. The minimum absolute atomic E-state index is 0.0359. The first-order valence-corrected chi connectivity index (χ1v) is 12.0. The molecule has 2 aromatic carbocycles. The van der Waals surface area contributed by atoms with Gasteiger partial charge in [-0.1, -0.05) is 30.7 Å². The molecule has 0 radical (unpaired) electrons. The van der Waals surface area contributed by atoms with Gasteiger partial charge in [0.1, 0.15) is 16.7 Å². The highest BCUT2D eigenvalue weighted by molar-refractivity contribution is 6.30. The van der Waals surface area contributed by atoms with E-state index in [0.717, 1.165) is 47.9 Å². The zero-order chi connectivity index (χ0) is 23.4. The maximum absolute atomic E-state index is 13.8. The Morgan fingerprint density at radius 3 is 2.61 bits per heavy atom. The monoisotopic (exact) mass is 466 g/mol. The Morgan fingerprint density at radius 1 is 1.12 bits per heavy atom. The van der Waals surface area contributed by atoms with Gasteiger partial charge >= 0.3 is 0 Å². The summed E-state index contributed by atoms with van der Waals surface area (Å²) in [5.74, 6) is 2.03. The van der Waals surface area contributed by atoms with E-state index in [1.807, 2.05) is 60.4 Å². The predicted octanol–water partition coefficient (Wildman–Crippen LogP) is 6.52. The summed E-state index contributed by atoms with van der Waals surface area (Å²) in [5.41, 5.74) is 2.21. The van der Waals surface area contributed by atoms with Crippen molar-refractivity contribution in [3.05, 3.63) is 64.8 Å². The number of rotatable bonds is 7. The summed E-state index contributed by atoms with van der Waals surface area (Å²) in [6.07, 6.45) is 4.19. The molecule has 1 fully saturated rings. The molecule has 0 N–H and O–H groups in total. The Morgan fingerprint density at radius 2 is 1.88 bits per heavy atom. The maximum Gasteiger partial charge on any atom is 0.258 e. The number of ether oxygens (including phenoxy) is 2. The summed E-state index contributed by atoms with van der Waals surface area (Å²) in [6.45, 7) is 5.24. The summed E-state index contributed by atoms with van der Waals surface area (Å²) in [5, 5.41) is 1.37. The molecule has 0 bridgehead atoms. The molecule has 4 rings (SSSR count). The second-order valence-electron chi connectivity index (χ2n) is 8.77. The lowest BCUT2D eigenvalue weighted by Gasteiger charge is -2.36. The van der Waals surface area contributed by atoms with Crippen molar-refractivity contribution in [1.29, 1.82) is 0 Å². The van der Waals surface area contributed by atoms with Crippen LogP contribution >= 0.6 is 11.6 Å². The van der Waals surface area contributed by atoms with Crippen LogP contribution in [0.25, 0.3) is 10.9 Å². The lowest BCUT2D eigenvalue weighted by molar-refractivity contribution is 0.0590. The summed E-state index contributed by atoms with van der Waals surface area (Å²) < 4.78 is 11.1. The molecule has 0 aliphatic heterocycles. The predicted molar refractivity (Wildman–Crippen MR) is 132 cm³/mol. The summed E-state index contributed by atoms with van der Waals surface area (Å²) in [6, 6.07) is 15.4. The third-order valence-electron chi connectivity index (χ3n) is 6.49. The molecule has 174 valence electrons. The number of carbonyl (C=O) groups excluding carboxylic acids is 1. The number of para-hydroxylation sites is 1. The van der Waals surface area contributed by atoms with Crippen LogP contribution in [-0.4, -0.2) is 35.5 Å². The van der Waals surface area contributed by atoms with Crippen LogP contribution in [0.15, 0.2) is 48.5 Å². The van der Waals surface area contributed by atoms with Crippen LogP contribution in [0.2, 0.25) is 5.15 Å². The highest BCUT2D eigenvalue weighted by Gasteiger charge is 2.30. The third kappa shape index (κ3) is 5.25. The smallest absolute Gasteiger partial charge is 0.258 e. The number of benzene rings is 2. The molecule has 6 heteroatoms. The van der Waals surface area contributed by atoms with E-state index < -0.39 is 0 Å². The molecule has 0 unspecified atom stereocenters. The molecule has 1 aliphatic carbocycles. The van der Waals surface area contributed by atoms with Crippen LogP contribution in [0.5, 0.6) is 11.5 Å².